The predicted octanol–water partition coefficient (Wildman–Crippen LogP) is 5.17. The Morgan fingerprint density at radius 3 is 2.68 bits per heavy atom. The number of carbonyl (C=O) groups is 1. The van der Waals surface area contributed by atoms with Gasteiger partial charge in [0.1, 0.15) is 5.75 Å². The molecule has 0 spiro atoms. The first-order chi connectivity index (χ1) is 14.8. The molecule has 0 aliphatic carbocycles. The van der Waals surface area contributed by atoms with Crippen LogP contribution < -0.4 is 10.1 Å². The maximum atomic E-state index is 12.7. The van der Waals surface area contributed by atoms with Gasteiger partial charge in [-0.05, 0) is 29.2 Å². The number of anilines is 1. The van der Waals surface area contributed by atoms with Gasteiger partial charge in [0.25, 0.3) is 0 Å². The number of nitrogens with one attached hydrogen (secondary N) is 1. The van der Waals surface area contributed by atoms with E-state index in [0.29, 0.717) is 17.5 Å². The lowest BCUT2D eigenvalue weighted by molar-refractivity contribution is -0.113. The van der Waals surface area contributed by atoms with E-state index < -0.39 is 0 Å². The summed E-state index contributed by atoms with van der Waals surface area (Å²) in [4.78, 5) is 12.7. The highest BCUT2D eigenvalue weighted by Gasteiger charge is 2.19. The SMILES string of the molecule is C=CCn1c(SCC(=O)Nc2ccccc2C(C)(C)C)nnc1-c1cccc(OC)c1. The summed E-state index contributed by atoms with van der Waals surface area (Å²) in [7, 11) is 1.63. The van der Waals surface area contributed by atoms with Gasteiger partial charge >= 0.3 is 0 Å². The van der Waals surface area contributed by atoms with E-state index in [4.69, 9.17) is 4.74 Å². The number of nitrogens with zero attached hydrogens (tertiary/aromatic N) is 3. The second kappa shape index (κ2) is 9.83. The van der Waals surface area contributed by atoms with Gasteiger partial charge in [0.05, 0.1) is 12.9 Å². The molecule has 7 heteroatoms. The summed E-state index contributed by atoms with van der Waals surface area (Å²) in [6, 6.07) is 15.6. The molecule has 3 rings (SSSR count). The van der Waals surface area contributed by atoms with Crippen LogP contribution in [0.15, 0.2) is 66.3 Å². The zero-order valence-electron chi connectivity index (χ0n) is 18.4. The largest absolute Gasteiger partial charge is 0.497 e. The lowest BCUT2D eigenvalue weighted by Gasteiger charge is -2.22. The van der Waals surface area contributed by atoms with Gasteiger partial charge in [-0.25, -0.2) is 0 Å². The number of amides is 1. The number of para-hydroxylation sites is 1. The molecule has 1 aromatic heterocycles. The van der Waals surface area contributed by atoms with Gasteiger partial charge in [-0.1, -0.05) is 68.9 Å². The summed E-state index contributed by atoms with van der Waals surface area (Å²) < 4.78 is 7.26. The number of allylic oxidation sites excluding steroid dienone is 1. The predicted molar refractivity (Wildman–Crippen MR) is 127 cm³/mol. The second-order valence-corrected chi connectivity index (χ2v) is 9.01. The van der Waals surface area contributed by atoms with Crippen molar-refractivity contribution >= 4 is 23.4 Å². The van der Waals surface area contributed by atoms with Crippen molar-refractivity contribution in [2.75, 3.05) is 18.2 Å². The molecule has 0 saturated carbocycles. The van der Waals surface area contributed by atoms with Crippen LogP contribution in [0, 0.1) is 0 Å². The van der Waals surface area contributed by atoms with Crippen LogP contribution in [0.5, 0.6) is 5.75 Å². The van der Waals surface area contributed by atoms with Crippen LogP contribution in [0.4, 0.5) is 5.69 Å². The number of thioether (sulfide) groups is 1. The fourth-order valence-corrected chi connectivity index (χ4v) is 3.98. The van der Waals surface area contributed by atoms with Crippen LogP contribution in [0.1, 0.15) is 26.3 Å². The van der Waals surface area contributed by atoms with E-state index >= 15 is 0 Å². The average Bonchev–Trinajstić information content (AvgIpc) is 3.15. The van der Waals surface area contributed by atoms with Gasteiger partial charge in [0.2, 0.25) is 5.91 Å². The Hall–Kier alpha value is -3.06. The molecule has 0 aliphatic heterocycles. The van der Waals surface area contributed by atoms with Crippen molar-refractivity contribution in [3.8, 4) is 17.1 Å². The quantitative estimate of drug-likeness (QED) is 0.390. The van der Waals surface area contributed by atoms with E-state index in [-0.39, 0.29) is 17.1 Å². The number of methoxy groups -OCH3 is 1. The van der Waals surface area contributed by atoms with E-state index in [9.17, 15) is 4.79 Å². The minimum absolute atomic E-state index is 0.0627. The zero-order valence-corrected chi connectivity index (χ0v) is 19.2. The smallest absolute Gasteiger partial charge is 0.234 e. The Bertz CT molecular complexity index is 1070. The third-order valence-corrected chi connectivity index (χ3v) is 5.66. The first-order valence-electron chi connectivity index (χ1n) is 10.0. The van der Waals surface area contributed by atoms with E-state index in [1.165, 1.54) is 11.8 Å². The van der Waals surface area contributed by atoms with Crippen LogP contribution in [0.3, 0.4) is 0 Å². The van der Waals surface area contributed by atoms with Gasteiger partial charge < -0.3 is 10.1 Å². The molecule has 1 amide bonds. The third kappa shape index (κ3) is 5.55. The Morgan fingerprint density at radius 2 is 1.97 bits per heavy atom. The number of hydrogen-bond donors (Lipinski definition) is 1. The second-order valence-electron chi connectivity index (χ2n) is 8.07. The Labute approximate surface area is 187 Å². The molecule has 0 atom stereocenters. The Balaban J connectivity index is 1.76. The van der Waals surface area contributed by atoms with E-state index in [1.807, 2.05) is 53.1 Å². The highest BCUT2D eigenvalue weighted by Crippen LogP contribution is 2.30. The van der Waals surface area contributed by atoms with E-state index in [0.717, 1.165) is 22.6 Å². The van der Waals surface area contributed by atoms with Crippen LogP contribution in [0.25, 0.3) is 11.4 Å². The maximum Gasteiger partial charge on any atom is 0.234 e. The van der Waals surface area contributed by atoms with Gasteiger partial charge in [-0.3, -0.25) is 9.36 Å². The lowest BCUT2D eigenvalue weighted by Crippen LogP contribution is -2.20. The first kappa shape index (κ1) is 22.6. The maximum absolute atomic E-state index is 12.7. The average molecular weight is 437 g/mol. The molecule has 162 valence electrons. The van der Waals surface area contributed by atoms with E-state index in [1.54, 1.807) is 13.2 Å². The van der Waals surface area contributed by atoms with Crippen LogP contribution in [-0.2, 0) is 16.8 Å². The number of benzene rings is 2. The van der Waals surface area contributed by atoms with Crippen molar-refractivity contribution in [1.29, 1.82) is 0 Å². The highest BCUT2D eigenvalue weighted by atomic mass is 32.2. The van der Waals surface area contributed by atoms with Crippen molar-refractivity contribution in [1.82, 2.24) is 14.8 Å². The number of hydrogen-bond acceptors (Lipinski definition) is 5. The van der Waals surface area contributed by atoms with Crippen LogP contribution >= 0.6 is 11.8 Å². The fraction of sp³-hybridized carbons (Fsp3) is 0.292. The van der Waals surface area contributed by atoms with Crippen LogP contribution in [0.2, 0.25) is 0 Å². The molecule has 31 heavy (non-hydrogen) atoms. The zero-order chi connectivity index (χ0) is 22.4. The van der Waals surface area contributed by atoms with Crippen molar-refractivity contribution in [2.24, 2.45) is 0 Å². The summed E-state index contributed by atoms with van der Waals surface area (Å²) in [5.41, 5.74) is 2.77. The van der Waals surface area contributed by atoms with Crippen molar-refractivity contribution in [3.05, 3.63) is 66.7 Å². The number of rotatable bonds is 8. The summed E-state index contributed by atoms with van der Waals surface area (Å²) >= 11 is 1.35. The van der Waals surface area contributed by atoms with Crippen LogP contribution in [-0.4, -0.2) is 33.5 Å². The fourth-order valence-electron chi connectivity index (χ4n) is 3.23. The molecule has 6 nitrogen and oxygen atoms in total. The first-order valence-corrected chi connectivity index (χ1v) is 11.0. The third-order valence-electron chi connectivity index (χ3n) is 4.70. The molecule has 0 aliphatic rings. The molecule has 1 N–H and O–H groups in total. The molecule has 0 radical (unpaired) electrons. The topological polar surface area (TPSA) is 69.0 Å². The molecular weight excluding hydrogens is 408 g/mol. The molecule has 0 bridgehead atoms. The summed E-state index contributed by atoms with van der Waals surface area (Å²) in [5.74, 6) is 1.60. The van der Waals surface area contributed by atoms with Crippen molar-refractivity contribution in [3.63, 3.8) is 0 Å². The highest BCUT2D eigenvalue weighted by molar-refractivity contribution is 7.99. The summed E-state index contributed by atoms with van der Waals surface area (Å²) in [5, 5.41) is 12.4. The number of aromatic nitrogens is 3. The van der Waals surface area contributed by atoms with Crippen molar-refractivity contribution in [2.45, 2.75) is 37.9 Å². The van der Waals surface area contributed by atoms with Gasteiger partial charge in [-0.15, -0.1) is 16.8 Å². The normalized spacial score (nSPS) is 11.2. The van der Waals surface area contributed by atoms with E-state index in [2.05, 4.69) is 42.9 Å². The Kier molecular flexibility index (Phi) is 7.17. The number of carbonyl (C=O) groups excluding carboxylic acids is 1. The molecule has 0 unspecified atom stereocenters. The lowest BCUT2D eigenvalue weighted by atomic mass is 9.86. The molecule has 0 saturated heterocycles. The van der Waals surface area contributed by atoms with Gasteiger partial charge in [0.15, 0.2) is 11.0 Å². The molecule has 0 fully saturated rings. The summed E-state index contributed by atoms with van der Waals surface area (Å²) in [6.45, 7) is 10.8. The molecule has 1 heterocycles. The standard InChI is InChI=1S/C24H28N4O2S/c1-6-14-28-22(17-10-9-11-18(15-17)30-5)26-27-23(28)31-16-21(29)25-20-13-8-7-12-19(20)24(2,3)4/h6-13,15H,1,14,16H2,2-5H3,(H,25,29). The molecule has 3 aromatic rings. The van der Waals surface area contributed by atoms with Crippen molar-refractivity contribution < 1.29 is 9.53 Å². The molecular formula is C24H28N4O2S. The Morgan fingerprint density at radius 1 is 1.19 bits per heavy atom. The monoisotopic (exact) mass is 436 g/mol. The van der Waals surface area contributed by atoms with Gasteiger partial charge in [0, 0.05) is 17.8 Å². The number of ether oxygens (including phenoxy) is 1. The minimum atomic E-state index is -0.0854. The minimum Gasteiger partial charge on any atom is -0.497 e. The van der Waals surface area contributed by atoms with Gasteiger partial charge in [-0.2, -0.15) is 0 Å². The summed E-state index contributed by atoms with van der Waals surface area (Å²) in [6.07, 6.45) is 1.79. The molecule has 2 aromatic carbocycles.